The van der Waals surface area contributed by atoms with Gasteiger partial charge in [0, 0.05) is 51.5 Å². The van der Waals surface area contributed by atoms with Gasteiger partial charge in [0.05, 0.1) is 24.0 Å². The first-order chi connectivity index (χ1) is 20.1. The molecule has 0 atom stereocenters. The van der Waals surface area contributed by atoms with Gasteiger partial charge in [0.25, 0.3) is 0 Å². The average Bonchev–Trinajstić information content (AvgIpc) is 3.51. The van der Waals surface area contributed by atoms with E-state index in [9.17, 15) is 18.0 Å². The first kappa shape index (κ1) is 31.0. The number of halogens is 3. The number of aromatic nitrogens is 6. The minimum Gasteiger partial charge on any atom is -0.361 e. The fourth-order valence-corrected chi connectivity index (χ4v) is 5.80. The van der Waals surface area contributed by atoms with Crippen molar-refractivity contribution in [3.05, 3.63) is 59.4 Å². The van der Waals surface area contributed by atoms with Crippen LogP contribution in [0.25, 0.3) is 22.4 Å². The van der Waals surface area contributed by atoms with E-state index >= 15 is 0 Å². The Morgan fingerprint density at radius 2 is 1.86 bits per heavy atom. The molecule has 13 heteroatoms. The summed E-state index contributed by atoms with van der Waals surface area (Å²) in [5.74, 6) is -0.671. The van der Waals surface area contributed by atoms with Gasteiger partial charge in [-0.15, -0.1) is 10.2 Å². The van der Waals surface area contributed by atoms with Crippen LogP contribution in [0.15, 0.2) is 36.7 Å². The molecule has 9 nitrogen and oxygen atoms in total. The molecule has 0 N–H and O–H groups in total. The summed E-state index contributed by atoms with van der Waals surface area (Å²) < 4.78 is 48.6. The molecule has 43 heavy (non-hydrogen) atoms. The van der Waals surface area contributed by atoms with Gasteiger partial charge in [-0.3, -0.25) is 9.69 Å². The minimum absolute atomic E-state index is 0.0230. The van der Waals surface area contributed by atoms with E-state index in [4.69, 9.17) is 14.7 Å². The topological polar surface area (TPSA) is 91.0 Å². The standard InChI is InChI=1S/C30H38F3N7O2Si/c1-29(2,3)26(41)22-17-39(19-42-12-13-43(4,5)6)27-25(22)35-23(15-34-27)21-9-7-8-20(14-21)16-38-10-11-40-24(18-38)36-37-28(40)30(31,32)33/h7-9,14-15,17H,10-13,16,18-19H2,1-6H3. The van der Waals surface area contributed by atoms with Crippen molar-refractivity contribution in [3.8, 4) is 11.3 Å². The normalized spacial score (nSPS) is 14.8. The SMILES string of the molecule is CC(C)(C)C(=O)c1cn(COCC[Si](C)(C)C)c2ncc(-c3cccc(CN4CCn5c(nnc5C(F)(F)F)C4)c3)nc12. The van der Waals surface area contributed by atoms with Crippen LogP contribution in [0.4, 0.5) is 13.2 Å². The molecule has 4 heterocycles. The number of ether oxygens (including phenoxy) is 1. The summed E-state index contributed by atoms with van der Waals surface area (Å²) in [6, 6.07) is 8.86. The molecule has 4 aromatic rings. The van der Waals surface area contributed by atoms with Crippen LogP contribution >= 0.6 is 0 Å². The highest BCUT2D eigenvalue weighted by atomic mass is 28.3. The van der Waals surface area contributed by atoms with Gasteiger partial charge in [0.2, 0.25) is 5.82 Å². The highest BCUT2D eigenvalue weighted by molar-refractivity contribution is 6.76. The van der Waals surface area contributed by atoms with E-state index in [1.54, 1.807) is 12.4 Å². The van der Waals surface area contributed by atoms with Gasteiger partial charge in [-0.05, 0) is 17.7 Å². The Kier molecular flexibility index (Phi) is 8.35. The lowest BCUT2D eigenvalue weighted by molar-refractivity contribution is -0.148. The summed E-state index contributed by atoms with van der Waals surface area (Å²) in [5.41, 5.74) is 3.47. The molecule has 0 spiro atoms. The fraction of sp³-hybridized carbons (Fsp3) is 0.500. The van der Waals surface area contributed by atoms with Crippen LogP contribution in [-0.4, -0.2) is 61.2 Å². The van der Waals surface area contributed by atoms with Crippen molar-refractivity contribution < 1.29 is 22.7 Å². The molecule has 0 bridgehead atoms. The summed E-state index contributed by atoms with van der Waals surface area (Å²) in [4.78, 5) is 25.1. The number of carbonyl (C=O) groups excluding carboxylic acids is 1. The molecule has 1 aromatic carbocycles. The summed E-state index contributed by atoms with van der Waals surface area (Å²) in [6.07, 6.45) is -1.03. The van der Waals surface area contributed by atoms with Gasteiger partial charge in [0.15, 0.2) is 11.4 Å². The number of rotatable bonds is 9. The number of ketones is 1. The van der Waals surface area contributed by atoms with Crippen LogP contribution in [0.5, 0.6) is 0 Å². The lowest BCUT2D eigenvalue weighted by Gasteiger charge is -2.28. The number of hydrogen-bond acceptors (Lipinski definition) is 7. The van der Waals surface area contributed by atoms with Crippen LogP contribution < -0.4 is 0 Å². The molecule has 1 aliphatic heterocycles. The summed E-state index contributed by atoms with van der Waals surface area (Å²) >= 11 is 0. The molecular formula is C30H38F3N7O2Si. The molecule has 230 valence electrons. The monoisotopic (exact) mass is 613 g/mol. The fourth-order valence-electron chi connectivity index (χ4n) is 5.04. The number of benzene rings is 1. The molecule has 0 amide bonds. The van der Waals surface area contributed by atoms with Crippen molar-refractivity contribution in [2.24, 2.45) is 5.41 Å². The summed E-state index contributed by atoms with van der Waals surface area (Å²) in [6.45, 7) is 14.9. The Balaban J connectivity index is 1.38. The number of Topliss-reactive ketones (excluding diaryl/α,β-unsaturated/α-hetero) is 1. The second-order valence-electron chi connectivity index (χ2n) is 13.4. The van der Waals surface area contributed by atoms with E-state index in [-0.39, 0.29) is 25.6 Å². The second-order valence-corrected chi connectivity index (χ2v) is 19.0. The van der Waals surface area contributed by atoms with Crippen molar-refractivity contribution >= 4 is 25.0 Å². The number of hydrogen-bond donors (Lipinski definition) is 0. The highest BCUT2D eigenvalue weighted by Gasteiger charge is 2.39. The number of nitrogens with zero attached hydrogens (tertiary/aromatic N) is 7. The molecule has 0 aliphatic carbocycles. The van der Waals surface area contributed by atoms with E-state index in [1.807, 2.05) is 54.5 Å². The van der Waals surface area contributed by atoms with Crippen LogP contribution in [0.1, 0.15) is 48.3 Å². The van der Waals surface area contributed by atoms with Crippen LogP contribution in [0.3, 0.4) is 0 Å². The Labute approximate surface area is 250 Å². The maximum absolute atomic E-state index is 13.4. The zero-order valence-electron chi connectivity index (χ0n) is 25.5. The summed E-state index contributed by atoms with van der Waals surface area (Å²) in [5, 5.41) is 7.15. The molecule has 0 fully saturated rings. The third-order valence-corrected chi connectivity index (χ3v) is 9.14. The molecule has 0 saturated heterocycles. The van der Waals surface area contributed by atoms with Crippen LogP contribution in [-0.2, 0) is 37.3 Å². The Morgan fingerprint density at radius 1 is 1.09 bits per heavy atom. The molecule has 0 radical (unpaired) electrons. The number of fused-ring (bicyclic) bond motifs is 2. The largest absolute Gasteiger partial charge is 0.451 e. The van der Waals surface area contributed by atoms with Crippen molar-refractivity contribution in [2.45, 2.75) is 79.0 Å². The zero-order chi connectivity index (χ0) is 31.2. The Hall–Kier alpha value is -3.42. The molecule has 0 unspecified atom stereocenters. The van der Waals surface area contributed by atoms with Gasteiger partial charge >= 0.3 is 6.18 Å². The lowest BCUT2D eigenvalue weighted by Crippen LogP contribution is -2.34. The summed E-state index contributed by atoms with van der Waals surface area (Å²) in [7, 11) is -1.24. The van der Waals surface area contributed by atoms with Crippen LogP contribution in [0, 0.1) is 5.41 Å². The van der Waals surface area contributed by atoms with Gasteiger partial charge in [-0.25, -0.2) is 9.97 Å². The Bertz CT molecular complexity index is 1630. The zero-order valence-corrected chi connectivity index (χ0v) is 26.5. The smallest absolute Gasteiger partial charge is 0.361 e. The maximum atomic E-state index is 13.4. The van der Waals surface area contributed by atoms with Crippen LogP contribution in [0.2, 0.25) is 25.7 Å². The average molecular weight is 614 g/mol. The van der Waals surface area contributed by atoms with Gasteiger partial charge in [0.1, 0.15) is 18.1 Å². The van der Waals surface area contributed by atoms with E-state index in [0.717, 1.165) is 21.7 Å². The first-order valence-corrected chi connectivity index (χ1v) is 18.1. The van der Waals surface area contributed by atoms with Gasteiger partial charge in [-0.1, -0.05) is 58.6 Å². The van der Waals surface area contributed by atoms with E-state index in [2.05, 4.69) is 29.8 Å². The van der Waals surface area contributed by atoms with E-state index in [1.165, 1.54) is 0 Å². The van der Waals surface area contributed by atoms with Gasteiger partial charge < -0.3 is 13.9 Å². The van der Waals surface area contributed by atoms with Gasteiger partial charge in [-0.2, -0.15) is 13.2 Å². The Morgan fingerprint density at radius 3 is 2.56 bits per heavy atom. The number of alkyl halides is 3. The van der Waals surface area contributed by atoms with Crippen molar-refractivity contribution in [1.29, 1.82) is 0 Å². The highest BCUT2D eigenvalue weighted by Crippen LogP contribution is 2.31. The first-order valence-electron chi connectivity index (χ1n) is 14.4. The van der Waals surface area contributed by atoms with E-state index in [0.29, 0.717) is 47.9 Å². The van der Waals surface area contributed by atoms with E-state index < -0.39 is 25.5 Å². The van der Waals surface area contributed by atoms with Crippen molar-refractivity contribution in [2.75, 3.05) is 13.2 Å². The predicted molar refractivity (Wildman–Crippen MR) is 160 cm³/mol. The molecule has 0 saturated carbocycles. The quantitative estimate of drug-likeness (QED) is 0.125. The third-order valence-electron chi connectivity index (χ3n) is 7.43. The molecule has 1 aliphatic rings. The second kappa shape index (κ2) is 11.6. The predicted octanol–water partition coefficient (Wildman–Crippen LogP) is 6.27. The molecular weight excluding hydrogens is 575 g/mol. The number of carbonyl (C=O) groups is 1. The van der Waals surface area contributed by atoms with Crippen molar-refractivity contribution in [3.63, 3.8) is 0 Å². The van der Waals surface area contributed by atoms with Crippen molar-refractivity contribution in [1.82, 2.24) is 34.2 Å². The molecule has 3 aromatic heterocycles. The minimum atomic E-state index is -4.52. The maximum Gasteiger partial charge on any atom is 0.451 e. The third kappa shape index (κ3) is 7.05. The lowest BCUT2D eigenvalue weighted by atomic mass is 9.87. The molecule has 5 rings (SSSR count).